The largest absolute Gasteiger partial charge is 0.385 e. The van der Waals surface area contributed by atoms with Gasteiger partial charge in [-0.05, 0) is 93.2 Å². The van der Waals surface area contributed by atoms with Crippen LogP contribution in [0.5, 0.6) is 0 Å². The van der Waals surface area contributed by atoms with Gasteiger partial charge in [0.05, 0.1) is 5.69 Å². The van der Waals surface area contributed by atoms with Gasteiger partial charge >= 0.3 is 0 Å². The molecule has 38 heavy (non-hydrogen) atoms. The van der Waals surface area contributed by atoms with Gasteiger partial charge in [0.15, 0.2) is 0 Å². The molecule has 1 atom stereocenters. The van der Waals surface area contributed by atoms with Gasteiger partial charge in [-0.1, -0.05) is 43.5 Å². The molecule has 4 heteroatoms. The van der Waals surface area contributed by atoms with Crippen molar-refractivity contribution in [3.63, 3.8) is 0 Å². The molecule has 0 bridgehead atoms. The fraction of sp³-hybridized carbons (Fsp3) is 0.588. The topological polar surface area (TPSA) is 20.6 Å². The summed E-state index contributed by atoms with van der Waals surface area (Å²) in [7, 11) is 1.83. The summed E-state index contributed by atoms with van der Waals surface area (Å²) < 4.78 is 8.08. The van der Waals surface area contributed by atoms with Crippen LogP contribution < -0.4 is 4.90 Å². The molecule has 0 N–H and O–H groups in total. The fourth-order valence-corrected chi connectivity index (χ4v) is 7.63. The van der Waals surface area contributed by atoms with E-state index in [-0.39, 0.29) is 0 Å². The van der Waals surface area contributed by atoms with Crippen LogP contribution in [0.25, 0.3) is 22.2 Å². The number of methoxy groups -OCH3 is 1. The number of aryl methyl sites for hydroxylation is 2. The normalized spacial score (nSPS) is 20.9. The van der Waals surface area contributed by atoms with Crippen LogP contribution in [0.3, 0.4) is 0 Å². The number of ether oxygens (including phenoxy) is 1. The van der Waals surface area contributed by atoms with Crippen molar-refractivity contribution in [2.24, 2.45) is 5.92 Å². The maximum atomic E-state index is 5.38. The van der Waals surface area contributed by atoms with E-state index in [1.54, 1.807) is 5.56 Å². The van der Waals surface area contributed by atoms with E-state index in [1.807, 2.05) is 7.11 Å². The molecule has 2 aromatic carbocycles. The maximum Gasteiger partial charge on any atom is 0.0548 e. The Hall–Kier alpha value is -2.30. The zero-order valence-electron chi connectivity index (χ0n) is 24.0. The van der Waals surface area contributed by atoms with Crippen LogP contribution in [0.1, 0.15) is 74.0 Å². The van der Waals surface area contributed by atoms with Gasteiger partial charge in [-0.3, -0.25) is 0 Å². The van der Waals surface area contributed by atoms with Gasteiger partial charge in [0.25, 0.3) is 0 Å². The first-order chi connectivity index (χ1) is 18.6. The molecular formula is C34H47N3O. The second-order valence-electron chi connectivity index (χ2n) is 12.4. The predicted molar refractivity (Wildman–Crippen MR) is 161 cm³/mol. The number of nitrogens with zero attached hydrogens (tertiary/aromatic N) is 3. The van der Waals surface area contributed by atoms with E-state index in [4.69, 9.17) is 4.74 Å². The summed E-state index contributed by atoms with van der Waals surface area (Å²) in [5, 5.41) is 1.51. The second kappa shape index (κ2) is 11.4. The monoisotopic (exact) mass is 513 g/mol. The van der Waals surface area contributed by atoms with E-state index in [0.29, 0.717) is 5.92 Å². The SMILES string of the molecule is COCC[C@@H]1CCCN(CCN2CCn3c(c(C4CCCCC4)c4ccc(C)cc43)-c3ccc(C)cc32)C1. The lowest BCUT2D eigenvalue weighted by Gasteiger charge is -2.35. The van der Waals surface area contributed by atoms with Crippen LogP contribution in [0.15, 0.2) is 36.4 Å². The lowest BCUT2D eigenvalue weighted by Crippen LogP contribution is -2.41. The van der Waals surface area contributed by atoms with Gasteiger partial charge < -0.3 is 19.1 Å². The Labute approximate surface area is 230 Å². The number of fused-ring (bicyclic) bond motifs is 5. The number of piperidine rings is 1. The Kier molecular flexibility index (Phi) is 7.81. The summed E-state index contributed by atoms with van der Waals surface area (Å²) in [4.78, 5) is 5.43. The summed E-state index contributed by atoms with van der Waals surface area (Å²) in [5.41, 5.74) is 10.3. The number of aromatic nitrogens is 1. The number of rotatable bonds is 7. The zero-order valence-corrected chi connectivity index (χ0v) is 24.0. The number of likely N-dealkylation sites (tertiary alicyclic amines) is 1. The van der Waals surface area contributed by atoms with Crippen molar-refractivity contribution in [2.45, 2.75) is 77.7 Å². The molecule has 1 saturated heterocycles. The molecule has 3 heterocycles. The molecule has 0 spiro atoms. The van der Waals surface area contributed by atoms with Gasteiger partial charge in [0.1, 0.15) is 0 Å². The van der Waals surface area contributed by atoms with Crippen molar-refractivity contribution in [1.29, 1.82) is 0 Å². The van der Waals surface area contributed by atoms with Crippen molar-refractivity contribution in [1.82, 2.24) is 9.47 Å². The molecule has 1 aromatic heterocycles. The highest BCUT2D eigenvalue weighted by Gasteiger charge is 2.30. The molecule has 2 aliphatic heterocycles. The average Bonchev–Trinajstić information content (AvgIpc) is 3.16. The maximum absolute atomic E-state index is 5.38. The van der Waals surface area contributed by atoms with E-state index >= 15 is 0 Å². The molecule has 0 radical (unpaired) electrons. The third-order valence-electron chi connectivity index (χ3n) is 9.63. The third kappa shape index (κ3) is 5.14. The molecule has 3 aromatic rings. The molecule has 0 amide bonds. The molecule has 0 unspecified atom stereocenters. The van der Waals surface area contributed by atoms with Gasteiger partial charge in [0.2, 0.25) is 0 Å². The molecule has 1 saturated carbocycles. The van der Waals surface area contributed by atoms with Crippen molar-refractivity contribution >= 4 is 16.6 Å². The van der Waals surface area contributed by atoms with Crippen LogP contribution in [-0.2, 0) is 11.3 Å². The number of hydrogen-bond acceptors (Lipinski definition) is 3. The number of anilines is 1. The first-order valence-electron chi connectivity index (χ1n) is 15.3. The van der Waals surface area contributed by atoms with E-state index in [2.05, 4.69) is 64.6 Å². The highest BCUT2D eigenvalue weighted by molar-refractivity contribution is 5.96. The minimum Gasteiger partial charge on any atom is -0.385 e. The molecule has 4 nitrogen and oxygen atoms in total. The predicted octanol–water partition coefficient (Wildman–Crippen LogP) is 7.54. The van der Waals surface area contributed by atoms with E-state index < -0.39 is 0 Å². The molecule has 204 valence electrons. The van der Waals surface area contributed by atoms with Gasteiger partial charge in [-0.25, -0.2) is 0 Å². The Balaban J connectivity index is 1.35. The summed E-state index contributed by atoms with van der Waals surface area (Å²) in [6.07, 6.45) is 10.7. The van der Waals surface area contributed by atoms with Crippen LogP contribution in [-0.4, -0.2) is 55.9 Å². The van der Waals surface area contributed by atoms with Gasteiger partial charge in [-0.2, -0.15) is 0 Å². The van der Waals surface area contributed by atoms with E-state index in [0.717, 1.165) is 38.7 Å². The lowest BCUT2D eigenvalue weighted by atomic mass is 9.81. The van der Waals surface area contributed by atoms with Crippen molar-refractivity contribution < 1.29 is 4.74 Å². The Bertz CT molecular complexity index is 1250. The Morgan fingerprint density at radius 3 is 2.50 bits per heavy atom. The summed E-state index contributed by atoms with van der Waals surface area (Å²) in [6, 6.07) is 14.5. The van der Waals surface area contributed by atoms with Crippen molar-refractivity contribution in [3.05, 3.63) is 53.1 Å². The van der Waals surface area contributed by atoms with Crippen molar-refractivity contribution in [3.8, 4) is 11.3 Å². The quantitative estimate of drug-likeness (QED) is 0.325. The first kappa shape index (κ1) is 26.0. The third-order valence-corrected chi connectivity index (χ3v) is 9.63. The Morgan fingerprint density at radius 1 is 0.842 bits per heavy atom. The first-order valence-corrected chi connectivity index (χ1v) is 15.3. The molecule has 6 rings (SSSR count). The fourth-order valence-electron chi connectivity index (χ4n) is 7.63. The number of hydrogen-bond donors (Lipinski definition) is 0. The van der Waals surface area contributed by atoms with Gasteiger partial charge in [-0.15, -0.1) is 0 Å². The van der Waals surface area contributed by atoms with Gasteiger partial charge in [0, 0.05) is 68.6 Å². The average molecular weight is 514 g/mol. The highest BCUT2D eigenvalue weighted by Crippen LogP contribution is 2.47. The molecule has 2 fully saturated rings. The lowest BCUT2D eigenvalue weighted by molar-refractivity contribution is 0.128. The standard InChI is InChI=1S/C34H47N3O/c1-25-12-14-30-31(22-25)36(18-17-35-16-7-8-27(24-35)15-21-38-3)19-20-37-32-23-26(2)11-13-29(32)33(34(30)37)28-9-5-4-6-10-28/h11-14,22-23,27-28H,4-10,15-21,24H2,1-3H3/t27-/m0/s1. The Morgan fingerprint density at radius 2 is 1.66 bits per heavy atom. The molecule has 1 aliphatic carbocycles. The van der Waals surface area contributed by atoms with E-state index in [1.165, 1.54) is 103 Å². The minimum atomic E-state index is 0.684. The summed E-state index contributed by atoms with van der Waals surface area (Å²) in [6.45, 7) is 12.3. The highest BCUT2D eigenvalue weighted by atomic mass is 16.5. The summed E-state index contributed by atoms with van der Waals surface area (Å²) >= 11 is 0. The molecular weight excluding hydrogens is 466 g/mol. The minimum absolute atomic E-state index is 0.684. The van der Waals surface area contributed by atoms with Crippen molar-refractivity contribution in [2.75, 3.05) is 51.3 Å². The van der Waals surface area contributed by atoms with Crippen LogP contribution in [0.4, 0.5) is 5.69 Å². The second-order valence-corrected chi connectivity index (χ2v) is 12.4. The summed E-state index contributed by atoms with van der Waals surface area (Å²) in [5.74, 6) is 1.47. The van der Waals surface area contributed by atoms with Crippen LogP contribution in [0.2, 0.25) is 0 Å². The van der Waals surface area contributed by atoms with Crippen LogP contribution in [0, 0.1) is 19.8 Å². The zero-order chi connectivity index (χ0) is 26.1. The van der Waals surface area contributed by atoms with E-state index in [9.17, 15) is 0 Å². The van der Waals surface area contributed by atoms with Crippen LogP contribution >= 0.6 is 0 Å². The number of benzene rings is 2. The molecule has 3 aliphatic rings. The smallest absolute Gasteiger partial charge is 0.0548 e.